The lowest BCUT2D eigenvalue weighted by Crippen LogP contribution is -2.50. The van der Waals surface area contributed by atoms with Gasteiger partial charge in [-0.05, 0) is 24.6 Å². The van der Waals surface area contributed by atoms with Crippen molar-refractivity contribution in [3.8, 4) is 5.75 Å². The van der Waals surface area contributed by atoms with Crippen molar-refractivity contribution in [1.29, 1.82) is 0 Å². The molecule has 1 fully saturated rings. The number of hydrogen-bond acceptors (Lipinski definition) is 4. The summed E-state index contributed by atoms with van der Waals surface area (Å²) in [5.74, 6) is 0.776. The number of rotatable bonds is 5. The zero-order valence-electron chi connectivity index (χ0n) is 11.7. The first-order chi connectivity index (χ1) is 9.70. The van der Waals surface area contributed by atoms with E-state index >= 15 is 0 Å². The average Bonchev–Trinajstić information content (AvgIpc) is 2.47. The smallest absolute Gasteiger partial charge is 0.226 e. The van der Waals surface area contributed by atoms with Crippen molar-refractivity contribution in [2.24, 2.45) is 0 Å². The fourth-order valence-electron chi connectivity index (χ4n) is 2.24. The second-order valence-electron chi connectivity index (χ2n) is 4.91. The molecule has 1 N–H and O–H groups in total. The molecule has 0 bridgehead atoms. The minimum absolute atomic E-state index is 0.00000283. The number of nitrogens with zero attached hydrogens (tertiary/aromatic N) is 1. The summed E-state index contributed by atoms with van der Waals surface area (Å²) in [5.41, 5.74) is 1.13. The van der Waals surface area contributed by atoms with Crippen molar-refractivity contribution in [2.75, 3.05) is 33.0 Å². The van der Waals surface area contributed by atoms with Crippen LogP contribution in [0.15, 0.2) is 24.3 Å². The monoisotopic (exact) mass is 279 g/mol. The van der Waals surface area contributed by atoms with Gasteiger partial charge in [-0.3, -0.25) is 4.79 Å². The van der Waals surface area contributed by atoms with Gasteiger partial charge in [0.2, 0.25) is 5.91 Å². The second-order valence-corrected chi connectivity index (χ2v) is 4.91. The van der Waals surface area contributed by atoms with E-state index in [1.54, 1.807) is 4.90 Å². The second kappa shape index (κ2) is 7.26. The Morgan fingerprint density at radius 2 is 2.40 bits per heavy atom. The van der Waals surface area contributed by atoms with Crippen molar-refractivity contribution < 1.29 is 19.4 Å². The van der Waals surface area contributed by atoms with E-state index in [4.69, 9.17) is 9.47 Å². The van der Waals surface area contributed by atoms with Crippen molar-refractivity contribution in [3.63, 3.8) is 0 Å². The van der Waals surface area contributed by atoms with Gasteiger partial charge in [0.05, 0.1) is 38.9 Å². The Bertz CT molecular complexity index is 449. The molecule has 2 rings (SSSR count). The zero-order valence-corrected chi connectivity index (χ0v) is 11.7. The summed E-state index contributed by atoms with van der Waals surface area (Å²) in [6, 6.07) is 7.52. The van der Waals surface area contributed by atoms with Gasteiger partial charge in [-0.2, -0.15) is 0 Å². The van der Waals surface area contributed by atoms with Gasteiger partial charge in [0.25, 0.3) is 0 Å². The number of hydrogen-bond donors (Lipinski definition) is 1. The van der Waals surface area contributed by atoms with Gasteiger partial charge in [0.1, 0.15) is 5.75 Å². The van der Waals surface area contributed by atoms with E-state index in [1.165, 1.54) is 0 Å². The number of morpholine rings is 1. The minimum Gasteiger partial charge on any atom is -0.493 e. The average molecular weight is 279 g/mol. The van der Waals surface area contributed by atoms with Crippen molar-refractivity contribution in [3.05, 3.63) is 29.8 Å². The summed E-state index contributed by atoms with van der Waals surface area (Å²) < 4.78 is 10.8. The van der Waals surface area contributed by atoms with Crippen LogP contribution in [0.5, 0.6) is 5.75 Å². The molecule has 0 saturated carbocycles. The molecular weight excluding hydrogens is 258 g/mol. The van der Waals surface area contributed by atoms with Crippen LogP contribution in [0.25, 0.3) is 0 Å². The van der Waals surface area contributed by atoms with Gasteiger partial charge in [-0.25, -0.2) is 0 Å². The first kappa shape index (κ1) is 14.8. The largest absolute Gasteiger partial charge is 0.493 e. The van der Waals surface area contributed by atoms with Crippen LogP contribution in [0.3, 0.4) is 0 Å². The number of aryl methyl sites for hydroxylation is 1. The highest BCUT2D eigenvalue weighted by atomic mass is 16.5. The molecule has 1 unspecified atom stereocenters. The highest BCUT2D eigenvalue weighted by Crippen LogP contribution is 2.13. The Morgan fingerprint density at radius 1 is 1.55 bits per heavy atom. The van der Waals surface area contributed by atoms with Crippen LogP contribution >= 0.6 is 0 Å². The van der Waals surface area contributed by atoms with Gasteiger partial charge in [-0.1, -0.05) is 12.1 Å². The maximum atomic E-state index is 12.1. The number of amides is 1. The predicted octanol–water partition coefficient (Wildman–Crippen LogP) is 0.984. The van der Waals surface area contributed by atoms with E-state index in [-0.39, 0.29) is 18.6 Å². The lowest BCUT2D eigenvalue weighted by molar-refractivity contribution is -0.142. The van der Waals surface area contributed by atoms with Crippen LogP contribution in [0.4, 0.5) is 0 Å². The molecule has 0 aliphatic carbocycles. The molecule has 1 heterocycles. The summed E-state index contributed by atoms with van der Waals surface area (Å²) in [7, 11) is 0. The molecule has 1 aromatic carbocycles. The SMILES string of the molecule is Cc1cccc(OCCC(=O)N2CCOCC2CO)c1. The van der Waals surface area contributed by atoms with Crippen LogP contribution in [-0.2, 0) is 9.53 Å². The van der Waals surface area contributed by atoms with E-state index in [0.29, 0.717) is 32.8 Å². The highest BCUT2D eigenvalue weighted by Gasteiger charge is 2.26. The van der Waals surface area contributed by atoms with Crippen LogP contribution < -0.4 is 4.74 Å². The van der Waals surface area contributed by atoms with Crippen molar-refractivity contribution >= 4 is 5.91 Å². The number of aliphatic hydroxyl groups excluding tert-OH is 1. The fraction of sp³-hybridized carbons (Fsp3) is 0.533. The van der Waals surface area contributed by atoms with Gasteiger partial charge >= 0.3 is 0 Å². The quantitative estimate of drug-likeness (QED) is 0.873. The first-order valence-corrected chi connectivity index (χ1v) is 6.88. The van der Waals surface area contributed by atoms with Crippen LogP contribution in [0, 0.1) is 6.92 Å². The number of benzene rings is 1. The molecule has 5 heteroatoms. The summed E-state index contributed by atoms with van der Waals surface area (Å²) in [5, 5.41) is 9.24. The van der Waals surface area contributed by atoms with Crippen LogP contribution in [0.1, 0.15) is 12.0 Å². The lowest BCUT2D eigenvalue weighted by atomic mass is 10.2. The maximum absolute atomic E-state index is 12.1. The number of ether oxygens (including phenoxy) is 2. The first-order valence-electron chi connectivity index (χ1n) is 6.88. The number of carbonyl (C=O) groups excluding carboxylic acids is 1. The third kappa shape index (κ3) is 3.95. The summed E-state index contributed by atoms with van der Waals surface area (Å²) >= 11 is 0. The van der Waals surface area contributed by atoms with E-state index in [2.05, 4.69) is 0 Å². The van der Waals surface area contributed by atoms with E-state index in [1.807, 2.05) is 31.2 Å². The Kier molecular flexibility index (Phi) is 5.38. The van der Waals surface area contributed by atoms with Crippen LogP contribution in [-0.4, -0.2) is 54.9 Å². The van der Waals surface area contributed by atoms with Crippen molar-refractivity contribution in [2.45, 2.75) is 19.4 Å². The Balaban J connectivity index is 1.79. The summed E-state index contributed by atoms with van der Waals surface area (Å²) in [6.45, 7) is 3.75. The van der Waals surface area contributed by atoms with Gasteiger partial charge in [0.15, 0.2) is 0 Å². The molecule has 1 atom stereocenters. The highest BCUT2D eigenvalue weighted by molar-refractivity contribution is 5.76. The maximum Gasteiger partial charge on any atom is 0.226 e. The molecule has 1 aliphatic rings. The van der Waals surface area contributed by atoms with E-state index in [0.717, 1.165) is 11.3 Å². The number of carbonyl (C=O) groups is 1. The molecule has 0 aromatic heterocycles. The normalized spacial score (nSPS) is 18.9. The van der Waals surface area contributed by atoms with E-state index in [9.17, 15) is 9.90 Å². The molecule has 0 spiro atoms. The topological polar surface area (TPSA) is 59.0 Å². The lowest BCUT2D eigenvalue weighted by Gasteiger charge is -2.34. The summed E-state index contributed by atoms with van der Waals surface area (Å²) in [4.78, 5) is 13.8. The van der Waals surface area contributed by atoms with Gasteiger partial charge < -0.3 is 19.5 Å². The van der Waals surface area contributed by atoms with Gasteiger partial charge in [-0.15, -0.1) is 0 Å². The molecule has 5 nitrogen and oxygen atoms in total. The molecule has 1 aromatic rings. The predicted molar refractivity (Wildman–Crippen MR) is 74.7 cm³/mol. The Morgan fingerprint density at radius 3 is 3.15 bits per heavy atom. The standard InChI is InChI=1S/C15H21NO4/c1-12-3-2-4-14(9-12)20-7-5-15(18)16-6-8-19-11-13(16)10-17/h2-4,9,13,17H,5-8,10-11H2,1H3. The van der Waals surface area contributed by atoms with Crippen LogP contribution in [0.2, 0.25) is 0 Å². The van der Waals surface area contributed by atoms with Crippen molar-refractivity contribution in [1.82, 2.24) is 4.90 Å². The Labute approximate surface area is 119 Å². The van der Waals surface area contributed by atoms with Gasteiger partial charge in [0, 0.05) is 6.54 Å². The minimum atomic E-state index is -0.227. The number of aliphatic hydroxyl groups is 1. The molecule has 1 amide bonds. The fourth-order valence-corrected chi connectivity index (χ4v) is 2.24. The molecule has 0 radical (unpaired) electrons. The molecule has 1 saturated heterocycles. The zero-order chi connectivity index (χ0) is 14.4. The molecule has 110 valence electrons. The third-order valence-electron chi connectivity index (χ3n) is 3.33. The third-order valence-corrected chi connectivity index (χ3v) is 3.33. The molecular formula is C15H21NO4. The molecule has 20 heavy (non-hydrogen) atoms. The summed E-state index contributed by atoms with van der Waals surface area (Å²) in [6.07, 6.45) is 0.310. The Hall–Kier alpha value is -1.59. The van der Waals surface area contributed by atoms with E-state index < -0.39 is 0 Å². The molecule has 1 aliphatic heterocycles.